The monoisotopic (exact) mass is 331 g/mol. The molecule has 0 heterocycles. The zero-order valence-electron chi connectivity index (χ0n) is 13.4. The van der Waals surface area contributed by atoms with E-state index in [2.05, 4.69) is 11.9 Å². The third-order valence-corrected chi connectivity index (χ3v) is 3.31. The molecule has 0 spiro atoms. The largest absolute Gasteiger partial charge is 0.508 e. The average molecular weight is 331 g/mol. The van der Waals surface area contributed by atoms with E-state index in [1.165, 1.54) is 36.4 Å². The second-order valence-corrected chi connectivity index (χ2v) is 5.33. The van der Waals surface area contributed by atoms with Crippen molar-refractivity contribution in [2.45, 2.75) is 20.0 Å². The number of phenols is 1. The van der Waals surface area contributed by atoms with E-state index < -0.39 is 11.6 Å². The van der Waals surface area contributed by atoms with Crippen LogP contribution in [0.3, 0.4) is 0 Å². The Bertz CT molecular complexity index is 717. The Balaban J connectivity index is 2.07. The second-order valence-electron chi connectivity index (χ2n) is 5.33. The van der Waals surface area contributed by atoms with Crippen molar-refractivity contribution in [2.75, 3.05) is 5.32 Å². The van der Waals surface area contributed by atoms with Crippen LogP contribution in [0.4, 0.5) is 14.5 Å². The van der Waals surface area contributed by atoms with Gasteiger partial charge in [-0.15, -0.1) is 6.58 Å². The van der Waals surface area contributed by atoms with Crippen LogP contribution in [0.1, 0.15) is 18.9 Å². The molecule has 24 heavy (non-hydrogen) atoms. The maximum atomic E-state index is 14.1. The summed E-state index contributed by atoms with van der Waals surface area (Å²) in [4.78, 5) is 0. The van der Waals surface area contributed by atoms with Gasteiger partial charge in [0.15, 0.2) is 0 Å². The van der Waals surface area contributed by atoms with Crippen LogP contribution in [0, 0.1) is 11.6 Å². The van der Waals surface area contributed by atoms with Crippen molar-refractivity contribution in [1.29, 1.82) is 0 Å². The fourth-order valence-corrected chi connectivity index (χ4v) is 2.02. The first-order valence-corrected chi connectivity index (χ1v) is 7.42. The summed E-state index contributed by atoms with van der Waals surface area (Å²) >= 11 is 0. The van der Waals surface area contributed by atoms with Gasteiger partial charge >= 0.3 is 0 Å². The Hall–Kier alpha value is -2.82. The number of allylic oxidation sites excluding steroid dienone is 2. The Morgan fingerprint density at radius 2 is 1.83 bits per heavy atom. The van der Waals surface area contributed by atoms with E-state index in [1.807, 2.05) is 6.92 Å². The molecule has 0 fully saturated rings. The molecule has 2 aromatic rings. The molecule has 0 atom stereocenters. The van der Waals surface area contributed by atoms with Gasteiger partial charge in [-0.3, -0.25) is 0 Å². The first-order chi connectivity index (χ1) is 11.5. The Morgan fingerprint density at radius 3 is 2.42 bits per heavy atom. The van der Waals surface area contributed by atoms with Crippen LogP contribution in [0.5, 0.6) is 11.5 Å². The van der Waals surface area contributed by atoms with Crippen molar-refractivity contribution in [3.63, 3.8) is 0 Å². The van der Waals surface area contributed by atoms with E-state index in [1.54, 1.807) is 12.3 Å². The van der Waals surface area contributed by atoms with Crippen LogP contribution in [0.2, 0.25) is 0 Å². The number of hydrogen-bond donors (Lipinski definition) is 2. The molecule has 2 N–H and O–H groups in total. The molecule has 0 saturated heterocycles. The molecule has 0 amide bonds. The van der Waals surface area contributed by atoms with E-state index >= 15 is 0 Å². The predicted molar refractivity (Wildman–Crippen MR) is 91.0 cm³/mol. The lowest BCUT2D eigenvalue weighted by atomic mass is 10.1. The average Bonchev–Trinajstić information content (AvgIpc) is 2.54. The van der Waals surface area contributed by atoms with Gasteiger partial charge in [-0.2, -0.15) is 0 Å². The molecule has 2 rings (SSSR count). The Labute approximate surface area is 139 Å². The standard InChI is InChI=1S/C19H19F2NO2/c1-3-4-13(2)11-22-14-9-18(20)17(19(21)10-14)12-24-16-7-5-15(23)6-8-16/h3,5-11,22-23H,1,4,12H2,2H3/b13-11+. The van der Waals surface area contributed by atoms with Crippen LogP contribution in [-0.4, -0.2) is 5.11 Å². The summed E-state index contributed by atoms with van der Waals surface area (Å²) in [6.45, 7) is 5.28. The van der Waals surface area contributed by atoms with Crippen molar-refractivity contribution in [2.24, 2.45) is 0 Å². The first kappa shape index (κ1) is 17.5. The number of halogens is 2. The number of hydrogen-bond acceptors (Lipinski definition) is 3. The van der Waals surface area contributed by atoms with Crippen molar-refractivity contribution < 1.29 is 18.6 Å². The van der Waals surface area contributed by atoms with Gasteiger partial charge in [0.05, 0.1) is 5.56 Å². The molecule has 0 aliphatic carbocycles. The smallest absolute Gasteiger partial charge is 0.134 e. The SMILES string of the molecule is C=CC/C(C)=C/Nc1cc(F)c(COc2ccc(O)cc2)c(F)c1. The molecular weight excluding hydrogens is 312 g/mol. The molecule has 2 aromatic carbocycles. The number of rotatable bonds is 7. The number of ether oxygens (including phenoxy) is 1. The van der Waals surface area contributed by atoms with Crippen LogP contribution in [0.25, 0.3) is 0 Å². The van der Waals surface area contributed by atoms with E-state index in [0.29, 0.717) is 17.9 Å². The van der Waals surface area contributed by atoms with Gasteiger partial charge in [-0.25, -0.2) is 8.78 Å². The van der Waals surface area contributed by atoms with Gasteiger partial charge in [0.2, 0.25) is 0 Å². The van der Waals surface area contributed by atoms with E-state index in [9.17, 15) is 13.9 Å². The molecule has 126 valence electrons. The highest BCUT2D eigenvalue weighted by molar-refractivity contribution is 5.48. The fraction of sp³-hybridized carbons (Fsp3) is 0.158. The van der Waals surface area contributed by atoms with Gasteiger partial charge in [-0.1, -0.05) is 11.6 Å². The van der Waals surface area contributed by atoms with E-state index in [-0.39, 0.29) is 17.9 Å². The molecule has 0 bridgehead atoms. The molecule has 0 aromatic heterocycles. The molecular formula is C19H19F2NO2. The number of phenolic OH excluding ortho intramolecular Hbond substituents is 1. The zero-order chi connectivity index (χ0) is 17.5. The molecule has 0 saturated carbocycles. The van der Waals surface area contributed by atoms with Crippen LogP contribution < -0.4 is 10.1 Å². The summed E-state index contributed by atoms with van der Waals surface area (Å²) in [5.74, 6) is -0.871. The molecule has 0 unspecified atom stereocenters. The van der Waals surface area contributed by atoms with Gasteiger partial charge in [0.1, 0.15) is 29.7 Å². The maximum Gasteiger partial charge on any atom is 0.134 e. The summed E-state index contributed by atoms with van der Waals surface area (Å²) in [7, 11) is 0. The highest BCUT2D eigenvalue weighted by Gasteiger charge is 2.12. The van der Waals surface area contributed by atoms with Crippen molar-refractivity contribution >= 4 is 5.69 Å². The van der Waals surface area contributed by atoms with Gasteiger partial charge in [-0.05, 0) is 49.7 Å². The normalized spacial score (nSPS) is 11.2. The number of aromatic hydroxyl groups is 1. The minimum absolute atomic E-state index is 0.0925. The summed E-state index contributed by atoms with van der Waals surface area (Å²) in [5, 5.41) is 12.1. The minimum Gasteiger partial charge on any atom is -0.508 e. The van der Waals surface area contributed by atoms with Crippen molar-refractivity contribution in [1.82, 2.24) is 0 Å². The predicted octanol–water partition coefficient (Wildman–Crippen LogP) is 5.14. The van der Waals surface area contributed by atoms with Gasteiger partial charge < -0.3 is 15.2 Å². The molecule has 0 aliphatic heterocycles. The minimum atomic E-state index is -0.689. The zero-order valence-corrected chi connectivity index (χ0v) is 13.4. The van der Waals surface area contributed by atoms with E-state index in [4.69, 9.17) is 4.74 Å². The summed E-state index contributed by atoms with van der Waals surface area (Å²) in [5.41, 5.74) is 1.16. The van der Waals surface area contributed by atoms with Crippen LogP contribution >= 0.6 is 0 Å². The topological polar surface area (TPSA) is 41.5 Å². The van der Waals surface area contributed by atoms with Crippen molar-refractivity contribution in [3.8, 4) is 11.5 Å². The van der Waals surface area contributed by atoms with Gasteiger partial charge in [0, 0.05) is 11.9 Å². The molecule has 0 aliphatic rings. The highest BCUT2D eigenvalue weighted by atomic mass is 19.1. The maximum absolute atomic E-state index is 14.1. The lowest BCUT2D eigenvalue weighted by molar-refractivity contribution is 0.292. The molecule has 0 radical (unpaired) electrons. The number of anilines is 1. The summed E-state index contributed by atoms with van der Waals surface area (Å²) < 4.78 is 33.6. The lowest BCUT2D eigenvalue weighted by Gasteiger charge is -2.10. The van der Waals surface area contributed by atoms with Gasteiger partial charge in [0.25, 0.3) is 0 Å². The van der Waals surface area contributed by atoms with E-state index in [0.717, 1.165) is 5.57 Å². The molecule has 3 nitrogen and oxygen atoms in total. The van der Waals surface area contributed by atoms with Crippen LogP contribution in [-0.2, 0) is 6.61 Å². The lowest BCUT2D eigenvalue weighted by Crippen LogP contribution is -2.03. The number of benzene rings is 2. The van der Waals surface area contributed by atoms with Crippen molar-refractivity contribution in [3.05, 3.63) is 78.0 Å². The van der Waals surface area contributed by atoms with Crippen LogP contribution in [0.15, 0.2) is 60.8 Å². The summed E-state index contributed by atoms with van der Waals surface area (Å²) in [6, 6.07) is 8.36. The quantitative estimate of drug-likeness (QED) is 0.690. The third-order valence-electron chi connectivity index (χ3n) is 3.31. The first-order valence-electron chi connectivity index (χ1n) is 7.42. The highest BCUT2D eigenvalue weighted by Crippen LogP contribution is 2.22. The Kier molecular flexibility index (Phi) is 5.95. The Morgan fingerprint density at radius 1 is 1.21 bits per heavy atom. The number of nitrogens with one attached hydrogen (secondary N) is 1. The second kappa shape index (κ2) is 8.15. The fourth-order valence-electron chi connectivity index (χ4n) is 2.02. The third kappa shape index (κ3) is 4.84. The summed E-state index contributed by atoms with van der Waals surface area (Å²) in [6.07, 6.45) is 4.12. The molecule has 5 heteroatoms.